The van der Waals surface area contributed by atoms with Gasteiger partial charge in [-0.05, 0) is 34.8 Å². The molecule has 20 heavy (non-hydrogen) atoms. The molecule has 0 saturated carbocycles. The highest BCUT2D eigenvalue weighted by atomic mass is 35.5. The maximum absolute atomic E-state index is 5.64. The van der Waals surface area contributed by atoms with E-state index in [1.165, 1.54) is 0 Å². The predicted molar refractivity (Wildman–Crippen MR) is 76.1 cm³/mol. The van der Waals surface area contributed by atoms with Crippen molar-refractivity contribution in [2.24, 2.45) is 0 Å². The number of nitrogen functional groups attached to an aromatic ring is 1. The van der Waals surface area contributed by atoms with Crippen LogP contribution in [-0.4, -0.2) is 43.0 Å². The Morgan fingerprint density at radius 2 is 1.15 bits per heavy atom. The zero-order valence-corrected chi connectivity index (χ0v) is 12.1. The molecule has 2 aromatic rings. The zero-order chi connectivity index (χ0) is 14.5. The molecule has 0 fully saturated rings. The van der Waals surface area contributed by atoms with Crippen LogP contribution in [0.25, 0.3) is 0 Å². The molecule has 0 bridgehead atoms. The Labute approximate surface area is 128 Å². The standard InChI is InChI=1S/C8H8Cl3N9/c9-3-15-4(10)18-7(17-3)13-1-2-14-8-19-5(11)16-6(12)20-8/h1-2H2,(H,13,15,17,18)(H3,12,14,16,19,20). The summed E-state index contributed by atoms with van der Waals surface area (Å²) in [4.78, 5) is 22.7. The highest BCUT2D eigenvalue weighted by molar-refractivity contribution is 6.31. The quantitative estimate of drug-likeness (QED) is 0.688. The molecule has 2 rings (SSSR count). The van der Waals surface area contributed by atoms with Gasteiger partial charge in [0.1, 0.15) is 0 Å². The molecule has 0 aliphatic heterocycles. The van der Waals surface area contributed by atoms with E-state index in [0.717, 1.165) is 0 Å². The second kappa shape index (κ2) is 6.64. The van der Waals surface area contributed by atoms with Crippen molar-refractivity contribution in [3.8, 4) is 0 Å². The van der Waals surface area contributed by atoms with E-state index in [4.69, 9.17) is 40.5 Å². The number of nitrogens with one attached hydrogen (secondary N) is 2. The number of hydrogen-bond acceptors (Lipinski definition) is 9. The molecular formula is C8H8Cl3N9. The number of nitrogens with two attached hydrogens (primary N) is 1. The molecule has 0 saturated heterocycles. The van der Waals surface area contributed by atoms with Crippen molar-refractivity contribution in [2.75, 3.05) is 29.5 Å². The number of hydrogen-bond donors (Lipinski definition) is 3. The summed E-state index contributed by atoms with van der Waals surface area (Å²) in [6, 6.07) is 0. The molecule has 0 spiro atoms. The van der Waals surface area contributed by atoms with Crippen LogP contribution in [0.5, 0.6) is 0 Å². The Morgan fingerprint density at radius 1 is 0.700 bits per heavy atom. The first-order valence-corrected chi connectivity index (χ1v) is 6.38. The molecular weight excluding hydrogens is 329 g/mol. The molecule has 0 aliphatic rings. The van der Waals surface area contributed by atoms with Gasteiger partial charge < -0.3 is 16.4 Å². The molecule has 0 amide bonds. The lowest BCUT2D eigenvalue weighted by atomic mass is 10.6. The molecule has 0 atom stereocenters. The molecule has 2 aromatic heterocycles. The van der Waals surface area contributed by atoms with Gasteiger partial charge in [-0.3, -0.25) is 0 Å². The molecule has 106 valence electrons. The van der Waals surface area contributed by atoms with Crippen molar-refractivity contribution in [3.63, 3.8) is 0 Å². The average molecular weight is 337 g/mol. The van der Waals surface area contributed by atoms with Gasteiger partial charge in [-0.2, -0.15) is 29.9 Å². The fourth-order valence-electron chi connectivity index (χ4n) is 1.20. The lowest BCUT2D eigenvalue weighted by Crippen LogP contribution is -2.17. The fourth-order valence-corrected chi connectivity index (χ4v) is 1.73. The first-order valence-electron chi connectivity index (χ1n) is 5.25. The number of nitrogens with zero attached hydrogens (tertiary/aromatic N) is 6. The van der Waals surface area contributed by atoms with Gasteiger partial charge in [0.15, 0.2) is 0 Å². The van der Waals surface area contributed by atoms with Crippen LogP contribution in [0, 0.1) is 0 Å². The minimum Gasteiger partial charge on any atom is -0.368 e. The monoisotopic (exact) mass is 335 g/mol. The van der Waals surface area contributed by atoms with Gasteiger partial charge in [-0.15, -0.1) is 0 Å². The number of anilines is 3. The SMILES string of the molecule is Nc1nc(Cl)nc(NCCNc2nc(Cl)nc(Cl)n2)n1. The largest absolute Gasteiger partial charge is 0.368 e. The molecule has 12 heteroatoms. The summed E-state index contributed by atoms with van der Waals surface area (Å²) < 4.78 is 0. The van der Waals surface area contributed by atoms with Crippen LogP contribution in [0.3, 0.4) is 0 Å². The maximum Gasteiger partial charge on any atom is 0.228 e. The van der Waals surface area contributed by atoms with Crippen molar-refractivity contribution in [3.05, 3.63) is 15.9 Å². The molecule has 0 unspecified atom stereocenters. The maximum atomic E-state index is 5.64. The lowest BCUT2D eigenvalue weighted by molar-refractivity contribution is 0.967. The topological polar surface area (TPSA) is 127 Å². The van der Waals surface area contributed by atoms with Gasteiger partial charge >= 0.3 is 0 Å². The average Bonchev–Trinajstić information content (AvgIpc) is 2.32. The summed E-state index contributed by atoms with van der Waals surface area (Å²) in [6.07, 6.45) is 0. The van der Waals surface area contributed by atoms with Crippen LogP contribution in [0.15, 0.2) is 0 Å². The number of aromatic nitrogens is 6. The van der Waals surface area contributed by atoms with E-state index in [2.05, 4.69) is 40.5 Å². The van der Waals surface area contributed by atoms with Crippen molar-refractivity contribution in [2.45, 2.75) is 0 Å². The normalized spacial score (nSPS) is 10.3. The minimum atomic E-state index is 0.0116. The number of rotatable bonds is 5. The summed E-state index contributed by atoms with van der Waals surface area (Å²) in [5.74, 6) is 0.581. The third-order valence-electron chi connectivity index (χ3n) is 1.90. The van der Waals surface area contributed by atoms with E-state index in [-0.39, 0.29) is 33.7 Å². The highest BCUT2D eigenvalue weighted by Gasteiger charge is 2.03. The molecule has 2 heterocycles. The third-order valence-corrected chi connectivity index (χ3v) is 2.40. The van der Waals surface area contributed by atoms with Gasteiger partial charge in [0.2, 0.25) is 33.7 Å². The summed E-state index contributed by atoms with van der Waals surface area (Å²) in [5.41, 5.74) is 5.43. The van der Waals surface area contributed by atoms with Crippen LogP contribution >= 0.6 is 34.8 Å². The van der Waals surface area contributed by atoms with Crippen LogP contribution in [-0.2, 0) is 0 Å². The zero-order valence-electron chi connectivity index (χ0n) is 9.81. The highest BCUT2D eigenvalue weighted by Crippen LogP contribution is 2.09. The molecule has 0 aromatic carbocycles. The fraction of sp³-hybridized carbons (Fsp3) is 0.250. The van der Waals surface area contributed by atoms with Crippen molar-refractivity contribution >= 4 is 52.6 Å². The van der Waals surface area contributed by atoms with E-state index >= 15 is 0 Å². The van der Waals surface area contributed by atoms with Crippen molar-refractivity contribution < 1.29 is 0 Å². The van der Waals surface area contributed by atoms with Crippen LogP contribution in [0.4, 0.5) is 17.8 Å². The third kappa shape index (κ3) is 4.44. The second-order valence-electron chi connectivity index (χ2n) is 3.34. The Balaban J connectivity index is 1.84. The smallest absolute Gasteiger partial charge is 0.228 e. The summed E-state index contributed by atoms with van der Waals surface area (Å²) in [5, 5.41) is 5.84. The summed E-state index contributed by atoms with van der Waals surface area (Å²) in [6.45, 7) is 0.917. The van der Waals surface area contributed by atoms with Gasteiger partial charge in [0.05, 0.1) is 0 Å². The van der Waals surface area contributed by atoms with Crippen LogP contribution < -0.4 is 16.4 Å². The van der Waals surface area contributed by atoms with E-state index in [1.807, 2.05) is 0 Å². The van der Waals surface area contributed by atoms with Crippen LogP contribution in [0.1, 0.15) is 0 Å². The van der Waals surface area contributed by atoms with E-state index < -0.39 is 0 Å². The Morgan fingerprint density at radius 3 is 1.65 bits per heavy atom. The molecule has 4 N–H and O–H groups in total. The molecule has 0 aliphatic carbocycles. The number of halogens is 3. The molecule has 9 nitrogen and oxygen atoms in total. The van der Waals surface area contributed by atoms with Gasteiger partial charge in [-0.25, -0.2) is 0 Å². The van der Waals surface area contributed by atoms with Crippen LogP contribution in [0.2, 0.25) is 15.9 Å². The Hall–Kier alpha value is -1.71. The molecule has 0 radical (unpaired) electrons. The second-order valence-corrected chi connectivity index (χ2v) is 4.35. The van der Waals surface area contributed by atoms with Crippen molar-refractivity contribution in [1.82, 2.24) is 29.9 Å². The first-order chi connectivity index (χ1) is 9.52. The predicted octanol–water partition coefficient (Wildman–Crippen LogP) is 1.12. The first kappa shape index (κ1) is 14.7. The Kier molecular flexibility index (Phi) is 4.88. The van der Waals surface area contributed by atoms with E-state index in [1.54, 1.807) is 0 Å². The Bertz CT molecular complexity index is 514. The van der Waals surface area contributed by atoms with Gasteiger partial charge in [0.25, 0.3) is 0 Å². The summed E-state index contributed by atoms with van der Waals surface area (Å²) >= 11 is 16.9. The van der Waals surface area contributed by atoms with E-state index in [9.17, 15) is 0 Å². The lowest BCUT2D eigenvalue weighted by Gasteiger charge is -2.07. The minimum absolute atomic E-state index is 0.0116. The van der Waals surface area contributed by atoms with Gasteiger partial charge in [-0.1, -0.05) is 0 Å². The van der Waals surface area contributed by atoms with Gasteiger partial charge in [0, 0.05) is 13.1 Å². The van der Waals surface area contributed by atoms with E-state index in [0.29, 0.717) is 13.1 Å². The summed E-state index contributed by atoms with van der Waals surface area (Å²) in [7, 11) is 0. The van der Waals surface area contributed by atoms with Crippen molar-refractivity contribution in [1.29, 1.82) is 0 Å².